The molecule has 0 aliphatic rings. The number of aromatic nitrogens is 2. The first-order valence-electron chi connectivity index (χ1n) is 17.2. The van der Waals surface area contributed by atoms with Crippen molar-refractivity contribution in [2.45, 2.75) is 100 Å². The molecule has 0 aliphatic carbocycles. The second kappa shape index (κ2) is 14.8. The van der Waals surface area contributed by atoms with Gasteiger partial charge in [-0.2, -0.15) is 0 Å². The number of nitrogens with zero attached hydrogens (tertiary/aromatic N) is 2. The molecule has 0 saturated carbocycles. The van der Waals surface area contributed by atoms with E-state index in [4.69, 9.17) is 9.40 Å². The van der Waals surface area contributed by atoms with Gasteiger partial charge in [-0.1, -0.05) is 104 Å². The van der Waals surface area contributed by atoms with Gasteiger partial charge in [-0.3, -0.25) is 9.78 Å². The maximum absolute atomic E-state index is 12.2. The average molecular weight is 854 g/mol. The number of hydrogen-bond acceptors (Lipinski definition) is 6. The van der Waals surface area contributed by atoms with E-state index in [-0.39, 0.29) is 47.9 Å². The molecule has 0 saturated heterocycles. The predicted octanol–water partition coefficient (Wildman–Crippen LogP) is 12.5. The zero-order chi connectivity index (χ0) is 35.0. The molecule has 261 valence electrons. The number of carbonyl (C=O) groups is 1. The molecular weight excluding hydrogens is 805 g/mol. The Morgan fingerprint density at radius 3 is 2.18 bits per heavy atom. The van der Waals surface area contributed by atoms with E-state index in [9.17, 15) is 9.90 Å². The van der Waals surface area contributed by atoms with Gasteiger partial charge in [0.25, 0.3) is 0 Å². The summed E-state index contributed by atoms with van der Waals surface area (Å²) >= 11 is 1.76. The second-order valence-electron chi connectivity index (χ2n) is 14.5. The molecule has 0 unspecified atom stereocenters. The number of carbonyl (C=O) groups excluding carboxylic acids is 1. The number of furan rings is 1. The first-order valence-corrected chi connectivity index (χ1v) is 18.0. The summed E-state index contributed by atoms with van der Waals surface area (Å²) in [5, 5.41) is 15.7. The molecule has 0 spiro atoms. The van der Waals surface area contributed by atoms with Gasteiger partial charge in [0.05, 0.1) is 4.70 Å². The van der Waals surface area contributed by atoms with Crippen molar-refractivity contribution in [3.05, 3.63) is 83.2 Å². The predicted molar refractivity (Wildman–Crippen MR) is 203 cm³/mol. The van der Waals surface area contributed by atoms with Gasteiger partial charge < -0.3 is 9.52 Å². The quantitative estimate of drug-likeness (QED) is 0.0938. The van der Waals surface area contributed by atoms with Crippen molar-refractivity contribution in [3.8, 4) is 11.3 Å². The van der Waals surface area contributed by atoms with Crippen LogP contribution >= 0.6 is 11.3 Å². The smallest absolute Gasteiger partial charge is 0.223 e. The summed E-state index contributed by atoms with van der Waals surface area (Å²) in [5.74, 6) is 0.286. The van der Waals surface area contributed by atoms with Crippen molar-refractivity contribution in [2.75, 3.05) is 0 Å². The maximum Gasteiger partial charge on any atom is 0.223 e. The number of ketones is 1. The van der Waals surface area contributed by atoms with E-state index in [1.807, 2.05) is 41.5 Å². The van der Waals surface area contributed by atoms with E-state index in [1.54, 1.807) is 17.7 Å². The number of aliphatic hydroxyl groups excluding tert-OH is 1. The normalized spacial score (nSPS) is 12.7. The number of allylic oxidation sites excluding steroid dienone is 2. The van der Waals surface area contributed by atoms with Crippen LogP contribution in [-0.2, 0) is 30.3 Å². The van der Waals surface area contributed by atoms with E-state index in [0.717, 1.165) is 63.4 Å². The number of thiophene rings is 1. The van der Waals surface area contributed by atoms with Crippen LogP contribution in [-0.4, -0.2) is 20.9 Å². The van der Waals surface area contributed by atoms with Crippen LogP contribution < -0.4 is 0 Å². The fourth-order valence-electron chi connectivity index (χ4n) is 6.16. The van der Waals surface area contributed by atoms with Crippen LogP contribution in [0.3, 0.4) is 0 Å². The monoisotopic (exact) mass is 854 g/mol. The van der Waals surface area contributed by atoms with E-state index in [0.29, 0.717) is 5.71 Å². The van der Waals surface area contributed by atoms with Gasteiger partial charge in [0.2, 0.25) is 5.71 Å². The number of hydrogen-bond donors (Lipinski definition) is 1. The molecule has 0 fully saturated rings. The van der Waals surface area contributed by atoms with Crippen LogP contribution in [0.25, 0.3) is 54.2 Å². The molecule has 1 radical (unpaired) electrons. The molecule has 0 amide bonds. The zero-order valence-electron chi connectivity index (χ0n) is 30.5. The molecule has 6 rings (SSSR count). The van der Waals surface area contributed by atoms with Gasteiger partial charge >= 0.3 is 0 Å². The summed E-state index contributed by atoms with van der Waals surface area (Å²) in [7, 11) is 0. The molecule has 6 aromatic rings. The van der Waals surface area contributed by atoms with Gasteiger partial charge in [0.1, 0.15) is 12.1 Å². The van der Waals surface area contributed by atoms with Gasteiger partial charge in [0.15, 0.2) is 11.4 Å². The molecule has 0 aliphatic heterocycles. The summed E-state index contributed by atoms with van der Waals surface area (Å²) in [6.07, 6.45) is 6.35. The molecule has 0 bridgehead atoms. The van der Waals surface area contributed by atoms with Crippen LogP contribution in [0.1, 0.15) is 98.4 Å². The molecule has 3 aromatic heterocycles. The van der Waals surface area contributed by atoms with Crippen LogP contribution in [0.15, 0.2) is 71.1 Å². The Hall–Kier alpha value is -3.38. The molecule has 0 atom stereocenters. The van der Waals surface area contributed by atoms with Crippen molar-refractivity contribution < 1.29 is 34.4 Å². The first kappa shape index (κ1) is 38.4. The SMILES string of the molecule is CCC(C)(CC)C(=O)/C=C(\O)C(C)(CC)CC.Cc1cc2ccc3c(oc4ncnc(-c5[c-]c6ccccc6c(C(C)(C)C)c5)c43)c2s1.[Ir]. The van der Waals surface area contributed by atoms with Gasteiger partial charge in [0, 0.05) is 58.4 Å². The summed E-state index contributed by atoms with van der Waals surface area (Å²) < 4.78 is 7.44. The van der Waals surface area contributed by atoms with Crippen molar-refractivity contribution in [2.24, 2.45) is 10.8 Å². The fraction of sp³-hybridized carbons (Fsp3) is 0.405. The summed E-state index contributed by atoms with van der Waals surface area (Å²) in [4.78, 5) is 22.6. The minimum absolute atomic E-state index is 0. The number of benzene rings is 3. The first-order chi connectivity index (χ1) is 22.7. The largest absolute Gasteiger partial charge is 0.512 e. The molecule has 3 aromatic carbocycles. The third-order valence-electron chi connectivity index (χ3n) is 10.5. The number of rotatable bonds is 8. The van der Waals surface area contributed by atoms with E-state index in [2.05, 4.69) is 87.3 Å². The molecule has 1 N–H and O–H groups in total. The van der Waals surface area contributed by atoms with Crippen LogP contribution in [0, 0.1) is 23.8 Å². The minimum Gasteiger partial charge on any atom is -0.512 e. The van der Waals surface area contributed by atoms with Crippen LogP contribution in [0.5, 0.6) is 0 Å². The third-order valence-corrected chi connectivity index (χ3v) is 11.6. The van der Waals surface area contributed by atoms with Gasteiger partial charge in [-0.25, -0.2) is 4.98 Å². The van der Waals surface area contributed by atoms with Crippen LogP contribution in [0.2, 0.25) is 0 Å². The molecule has 7 heteroatoms. The molecule has 3 heterocycles. The summed E-state index contributed by atoms with van der Waals surface area (Å²) in [5.41, 5.74) is 4.03. The molecule has 5 nitrogen and oxygen atoms in total. The Labute approximate surface area is 308 Å². The number of aryl methyl sites for hydroxylation is 1. The Kier molecular flexibility index (Phi) is 11.6. The molecular formula is C42H49IrN2O3S-. The van der Waals surface area contributed by atoms with Crippen molar-refractivity contribution in [1.82, 2.24) is 9.97 Å². The van der Waals surface area contributed by atoms with E-state index < -0.39 is 0 Å². The Morgan fingerprint density at radius 2 is 1.55 bits per heavy atom. The van der Waals surface area contributed by atoms with E-state index in [1.165, 1.54) is 27.3 Å². The molecule has 49 heavy (non-hydrogen) atoms. The number of fused-ring (bicyclic) bond motifs is 6. The van der Waals surface area contributed by atoms with Gasteiger partial charge in [-0.15, -0.1) is 40.5 Å². The topological polar surface area (TPSA) is 76.2 Å². The standard InChI is InChI=1S/C27H21N2OS.C15H28O2.Ir/c1-15-11-17-9-10-20-22-23(28-14-29-26(22)30-24(20)25(17)31-15)18-12-16-7-5-6-8-19(16)21(13-18)27(2,3)4;1-7-14(5,8-2)12(16)11-13(17)15(6,9-3)10-4;/h5-11,13-14H,1-4H3;11,16H,7-10H2,1-6H3;/q-1;;/b;12-11-;. The van der Waals surface area contributed by atoms with E-state index >= 15 is 0 Å². The van der Waals surface area contributed by atoms with Crippen molar-refractivity contribution in [1.29, 1.82) is 0 Å². The average Bonchev–Trinajstić information content (AvgIpc) is 3.66. The Bertz CT molecular complexity index is 2140. The minimum atomic E-state index is -0.337. The Balaban J connectivity index is 0.000000260. The van der Waals surface area contributed by atoms with Crippen molar-refractivity contribution >= 4 is 60.0 Å². The van der Waals surface area contributed by atoms with Gasteiger partial charge in [-0.05, 0) is 49.5 Å². The summed E-state index contributed by atoms with van der Waals surface area (Å²) in [6.45, 7) is 21.0. The summed E-state index contributed by atoms with van der Waals surface area (Å²) in [6, 6.07) is 20.8. The number of aliphatic hydroxyl groups is 1. The maximum atomic E-state index is 12.2. The fourth-order valence-corrected chi connectivity index (χ4v) is 7.15. The second-order valence-corrected chi connectivity index (χ2v) is 15.8. The Morgan fingerprint density at radius 1 is 0.898 bits per heavy atom. The van der Waals surface area contributed by atoms with Crippen molar-refractivity contribution in [3.63, 3.8) is 0 Å². The zero-order valence-corrected chi connectivity index (χ0v) is 33.7. The van der Waals surface area contributed by atoms with Crippen LogP contribution in [0.4, 0.5) is 0 Å². The third kappa shape index (κ3) is 7.40.